The Morgan fingerprint density at radius 1 is 1.10 bits per heavy atom. The number of hydrogen-bond donors (Lipinski definition) is 0. The number of nitrogens with zero attached hydrogens (tertiary/aromatic N) is 1. The van der Waals surface area contributed by atoms with Gasteiger partial charge in [0.15, 0.2) is 17.3 Å². The summed E-state index contributed by atoms with van der Waals surface area (Å²) >= 11 is 0. The Labute approximate surface area is 172 Å². The average molecular weight is 402 g/mol. The summed E-state index contributed by atoms with van der Waals surface area (Å²) in [5, 5.41) is 4.03. The molecule has 0 radical (unpaired) electrons. The highest BCUT2D eigenvalue weighted by Gasteiger charge is 2.27. The number of ether oxygens (including phenoxy) is 3. The van der Waals surface area contributed by atoms with Gasteiger partial charge in [0.1, 0.15) is 12.3 Å². The van der Waals surface area contributed by atoms with Crippen LogP contribution in [0.2, 0.25) is 0 Å². The van der Waals surface area contributed by atoms with Gasteiger partial charge in [-0.25, -0.2) is 0 Å². The molecule has 1 aromatic heterocycles. The highest BCUT2D eigenvalue weighted by Crippen LogP contribution is 2.34. The average Bonchev–Trinajstić information content (AvgIpc) is 3.25. The molecule has 29 heavy (non-hydrogen) atoms. The predicted octanol–water partition coefficient (Wildman–Crippen LogP) is 5.40. The molecule has 158 valence electrons. The van der Waals surface area contributed by atoms with Crippen LogP contribution < -0.4 is 9.47 Å². The molecule has 1 fully saturated rings. The number of benzene rings is 1. The van der Waals surface area contributed by atoms with E-state index in [0.29, 0.717) is 23.0 Å². The van der Waals surface area contributed by atoms with Crippen LogP contribution in [0.15, 0.2) is 28.8 Å². The topological polar surface area (TPSA) is 70.8 Å². The Kier molecular flexibility index (Phi) is 7.55. The van der Waals surface area contributed by atoms with E-state index in [1.165, 1.54) is 19.3 Å². The first-order valence-corrected chi connectivity index (χ1v) is 10.5. The molecule has 1 aliphatic rings. The standard InChI is InChI=1S/C23H31NO5/c1-4-5-6-16-7-9-17(10-8-16)23(25)28-15-19-14-21(29-24-19)18-11-12-20(26-2)22(13-18)27-3/h11-14,16-17H,4-10,15H2,1-3H3. The second kappa shape index (κ2) is 10.3. The van der Waals surface area contributed by atoms with E-state index in [1.54, 1.807) is 20.3 Å². The van der Waals surface area contributed by atoms with E-state index in [2.05, 4.69) is 12.1 Å². The molecule has 6 nitrogen and oxygen atoms in total. The Balaban J connectivity index is 1.51. The van der Waals surface area contributed by atoms with Crippen molar-refractivity contribution in [1.29, 1.82) is 0 Å². The smallest absolute Gasteiger partial charge is 0.309 e. The van der Waals surface area contributed by atoms with E-state index >= 15 is 0 Å². The lowest BCUT2D eigenvalue weighted by atomic mass is 9.80. The third kappa shape index (κ3) is 5.52. The molecule has 0 saturated heterocycles. The molecule has 2 aromatic rings. The van der Waals surface area contributed by atoms with Gasteiger partial charge in [-0.15, -0.1) is 0 Å². The molecular weight excluding hydrogens is 370 g/mol. The zero-order valence-corrected chi connectivity index (χ0v) is 17.6. The van der Waals surface area contributed by atoms with Gasteiger partial charge >= 0.3 is 5.97 Å². The summed E-state index contributed by atoms with van der Waals surface area (Å²) in [5.41, 5.74) is 1.41. The molecule has 0 unspecified atom stereocenters. The maximum absolute atomic E-state index is 12.4. The summed E-state index contributed by atoms with van der Waals surface area (Å²) < 4.78 is 21.5. The Hall–Kier alpha value is -2.50. The second-order valence-corrected chi connectivity index (χ2v) is 7.72. The van der Waals surface area contributed by atoms with E-state index in [-0.39, 0.29) is 18.5 Å². The van der Waals surface area contributed by atoms with E-state index in [1.807, 2.05) is 18.2 Å². The Morgan fingerprint density at radius 2 is 1.86 bits per heavy atom. The summed E-state index contributed by atoms with van der Waals surface area (Å²) in [7, 11) is 3.18. The number of esters is 1. The number of hydrogen-bond acceptors (Lipinski definition) is 6. The minimum absolute atomic E-state index is 0.0186. The molecule has 6 heteroatoms. The first-order chi connectivity index (χ1) is 14.1. The van der Waals surface area contributed by atoms with Crippen molar-refractivity contribution in [2.75, 3.05) is 14.2 Å². The van der Waals surface area contributed by atoms with Crippen LogP contribution in [0.3, 0.4) is 0 Å². The Morgan fingerprint density at radius 3 is 2.55 bits per heavy atom. The monoisotopic (exact) mass is 401 g/mol. The highest BCUT2D eigenvalue weighted by molar-refractivity contribution is 5.72. The SMILES string of the molecule is CCCCC1CCC(C(=O)OCc2cc(-c3ccc(OC)c(OC)c3)on2)CC1. The van der Waals surface area contributed by atoms with Gasteiger partial charge in [0, 0.05) is 11.6 Å². The molecule has 0 aliphatic heterocycles. The fourth-order valence-corrected chi connectivity index (χ4v) is 3.95. The number of rotatable bonds is 9. The summed E-state index contributed by atoms with van der Waals surface area (Å²) in [4.78, 5) is 12.4. The molecule has 1 saturated carbocycles. The van der Waals surface area contributed by atoms with Gasteiger partial charge in [-0.1, -0.05) is 31.3 Å². The summed E-state index contributed by atoms with van der Waals surface area (Å²) in [6.45, 7) is 2.36. The molecule has 1 aliphatic carbocycles. The van der Waals surface area contributed by atoms with Gasteiger partial charge in [0.2, 0.25) is 0 Å². The summed E-state index contributed by atoms with van der Waals surface area (Å²) in [5.74, 6) is 2.53. The molecule has 0 spiro atoms. The first-order valence-electron chi connectivity index (χ1n) is 10.5. The van der Waals surface area contributed by atoms with Crippen molar-refractivity contribution in [3.05, 3.63) is 30.0 Å². The number of methoxy groups -OCH3 is 2. The van der Waals surface area contributed by atoms with Gasteiger partial charge in [-0.2, -0.15) is 0 Å². The predicted molar refractivity (Wildman–Crippen MR) is 110 cm³/mol. The lowest BCUT2D eigenvalue weighted by molar-refractivity contribution is -0.151. The number of carbonyl (C=O) groups excluding carboxylic acids is 1. The summed E-state index contributed by atoms with van der Waals surface area (Å²) in [6.07, 6.45) is 7.95. The van der Waals surface area contributed by atoms with Gasteiger partial charge in [-0.05, 0) is 49.8 Å². The maximum Gasteiger partial charge on any atom is 0.309 e. The third-order valence-corrected chi connectivity index (χ3v) is 5.74. The fraction of sp³-hybridized carbons (Fsp3) is 0.565. The first kappa shape index (κ1) is 21.2. The molecule has 3 rings (SSSR count). The van der Waals surface area contributed by atoms with Crippen molar-refractivity contribution >= 4 is 5.97 Å². The van der Waals surface area contributed by atoms with Crippen LogP contribution in [0.5, 0.6) is 11.5 Å². The molecule has 0 bridgehead atoms. The van der Waals surface area contributed by atoms with Crippen LogP contribution in [0, 0.1) is 11.8 Å². The summed E-state index contributed by atoms with van der Waals surface area (Å²) in [6, 6.07) is 7.30. The van der Waals surface area contributed by atoms with Crippen molar-refractivity contribution in [2.45, 2.75) is 58.5 Å². The van der Waals surface area contributed by atoms with Gasteiger partial charge < -0.3 is 18.7 Å². The number of aromatic nitrogens is 1. The largest absolute Gasteiger partial charge is 0.493 e. The molecular formula is C23H31NO5. The van der Waals surface area contributed by atoms with Crippen molar-refractivity contribution in [1.82, 2.24) is 5.16 Å². The van der Waals surface area contributed by atoms with Crippen LogP contribution in [0.1, 0.15) is 57.6 Å². The second-order valence-electron chi connectivity index (χ2n) is 7.72. The molecule has 1 aromatic carbocycles. The lowest BCUT2D eigenvalue weighted by Crippen LogP contribution is -2.23. The quantitative estimate of drug-likeness (QED) is 0.524. The molecule has 0 atom stereocenters. The normalized spacial score (nSPS) is 19.0. The highest BCUT2D eigenvalue weighted by atomic mass is 16.5. The molecule has 0 N–H and O–H groups in total. The van der Waals surface area contributed by atoms with E-state index in [0.717, 1.165) is 37.2 Å². The van der Waals surface area contributed by atoms with Crippen molar-refractivity contribution in [3.63, 3.8) is 0 Å². The molecule has 0 amide bonds. The van der Waals surface area contributed by atoms with Crippen LogP contribution in [-0.4, -0.2) is 25.3 Å². The molecule has 1 heterocycles. The van der Waals surface area contributed by atoms with Crippen LogP contribution in [-0.2, 0) is 16.1 Å². The lowest BCUT2D eigenvalue weighted by Gasteiger charge is -2.27. The minimum Gasteiger partial charge on any atom is -0.493 e. The van der Waals surface area contributed by atoms with Gasteiger partial charge in [0.05, 0.1) is 20.1 Å². The van der Waals surface area contributed by atoms with E-state index < -0.39 is 0 Å². The minimum atomic E-state index is -0.116. The van der Waals surface area contributed by atoms with E-state index in [4.69, 9.17) is 18.7 Å². The zero-order valence-electron chi connectivity index (χ0n) is 17.6. The van der Waals surface area contributed by atoms with Crippen molar-refractivity contribution < 1.29 is 23.5 Å². The Bertz CT molecular complexity index is 792. The van der Waals surface area contributed by atoms with E-state index in [9.17, 15) is 4.79 Å². The third-order valence-electron chi connectivity index (χ3n) is 5.74. The number of unbranched alkanes of at least 4 members (excludes halogenated alkanes) is 1. The van der Waals surface area contributed by atoms with Crippen LogP contribution in [0.25, 0.3) is 11.3 Å². The van der Waals surface area contributed by atoms with Gasteiger partial charge in [-0.3, -0.25) is 4.79 Å². The van der Waals surface area contributed by atoms with Crippen molar-refractivity contribution in [2.24, 2.45) is 11.8 Å². The van der Waals surface area contributed by atoms with Crippen molar-refractivity contribution in [3.8, 4) is 22.8 Å². The van der Waals surface area contributed by atoms with Gasteiger partial charge in [0.25, 0.3) is 0 Å². The number of carbonyl (C=O) groups is 1. The fourth-order valence-electron chi connectivity index (χ4n) is 3.95. The maximum atomic E-state index is 12.4. The van der Waals surface area contributed by atoms with Crippen LogP contribution in [0.4, 0.5) is 0 Å². The van der Waals surface area contributed by atoms with Crippen LogP contribution >= 0.6 is 0 Å². The zero-order chi connectivity index (χ0) is 20.6.